The Kier molecular flexibility index (Phi) is 3.50. The van der Waals surface area contributed by atoms with Crippen LogP contribution in [-0.2, 0) is 0 Å². The Balaban J connectivity index is 2.23. The highest BCUT2D eigenvalue weighted by atomic mass is 16.4. The minimum atomic E-state index is -0.973. The predicted molar refractivity (Wildman–Crippen MR) is 68.9 cm³/mol. The zero-order chi connectivity index (χ0) is 13.3. The number of piperidine rings is 1. The van der Waals surface area contributed by atoms with Gasteiger partial charge in [0.15, 0.2) is 0 Å². The molecule has 1 N–H and O–H groups in total. The quantitative estimate of drug-likeness (QED) is 0.868. The Hall–Kier alpha value is -1.65. The van der Waals surface area contributed by atoms with Gasteiger partial charge in [-0.05, 0) is 25.2 Å². The molecule has 0 aromatic carbocycles. The second-order valence-electron chi connectivity index (χ2n) is 5.33. The third-order valence-electron chi connectivity index (χ3n) is 3.35. The molecule has 2 rings (SSSR count). The molecule has 98 valence electrons. The fourth-order valence-corrected chi connectivity index (χ4v) is 2.64. The summed E-state index contributed by atoms with van der Waals surface area (Å²) in [5, 5.41) is 8.96. The average molecular weight is 249 g/mol. The highest BCUT2D eigenvalue weighted by Gasteiger charge is 2.24. The summed E-state index contributed by atoms with van der Waals surface area (Å²) in [5.41, 5.74) is 0.704. The van der Waals surface area contributed by atoms with Crippen molar-refractivity contribution in [3.63, 3.8) is 0 Å². The standard InChI is InChI=1S/C13H19N3O2/c1-8-4-9(2)7-16(6-8)13-14-5-11(12(17)18)10(3)15-13/h5,8-9H,4,6-7H2,1-3H3,(H,17,18). The summed E-state index contributed by atoms with van der Waals surface area (Å²) in [4.78, 5) is 21.6. The molecule has 0 saturated carbocycles. The molecule has 0 spiro atoms. The monoisotopic (exact) mass is 249 g/mol. The van der Waals surface area contributed by atoms with Crippen molar-refractivity contribution in [2.24, 2.45) is 11.8 Å². The lowest BCUT2D eigenvalue weighted by Crippen LogP contribution is -2.39. The Morgan fingerprint density at radius 1 is 1.39 bits per heavy atom. The van der Waals surface area contributed by atoms with Crippen molar-refractivity contribution in [3.8, 4) is 0 Å². The summed E-state index contributed by atoms with van der Waals surface area (Å²) in [5.74, 6) is 0.920. The minimum Gasteiger partial charge on any atom is -0.478 e. The normalized spacial score (nSPS) is 24.1. The van der Waals surface area contributed by atoms with E-state index >= 15 is 0 Å². The van der Waals surface area contributed by atoms with Crippen LogP contribution >= 0.6 is 0 Å². The number of aromatic carboxylic acids is 1. The number of hydrogen-bond donors (Lipinski definition) is 1. The van der Waals surface area contributed by atoms with Crippen molar-refractivity contribution in [3.05, 3.63) is 17.5 Å². The summed E-state index contributed by atoms with van der Waals surface area (Å²) in [6, 6.07) is 0. The number of anilines is 1. The van der Waals surface area contributed by atoms with E-state index in [2.05, 4.69) is 28.7 Å². The van der Waals surface area contributed by atoms with Gasteiger partial charge in [0.1, 0.15) is 0 Å². The Morgan fingerprint density at radius 2 is 2.00 bits per heavy atom. The molecule has 5 nitrogen and oxygen atoms in total. The molecule has 1 aromatic heterocycles. The molecule has 1 saturated heterocycles. The van der Waals surface area contributed by atoms with Crippen LogP contribution in [0.15, 0.2) is 6.20 Å². The fraction of sp³-hybridized carbons (Fsp3) is 0.615. The van der Waals surface area contributed by atoms with E-state index in [0.29, 0.717) is 23.5 Å². The number of aromatic nitrogens is 2. The van der Waals surface area contributed by atoms with Crippen molar-refractivity contribution >= 4 is 11.9 Å². The van der Waals surface area contributed by atoms with E-state index in [1.807, 2.05) is 0 Å². The molecule has 0 bridgehead atoms. The van der Waals surface area contributed by atoms with Crippen molar-refractivity contribution in [1.29, 1.82) is 0 Å². The van der Waals surface area contributed by atoms with Crippen LogP contribution in [0.5, 0.6) is 0 Å². The fourth-order valence-electron chi connectivity index (χ4n) is 2.64. The maximum Gasteiger partial charge on any atom is 0.339 e. The third-order valence-corrected chi connectivity index (χ3v) is 3.35. The molecule has 2 atom stereocenters. The van der Waals surface area contributed by atoms with Crippen molar-refractivity contribution < 1.29 is 9.90 Å². The Morgan fingerprint density at radius 3 is 2.50 bits per heavy atom. The number of hydrogen-bond acceptors (Lipinski definition) is 4. The molecule has 5 heteroatoms. The predicted octanol–water partition coefficient (Wildman–Crippen LogP) is 1.97. The number of carbonyl (C=O) groups is 1. The molecule has 2 unspecified atom stereocenters. The molecule has 0 radical (unpaired) electrons. The highest BCUT2D eigenvalue weighted by Crippen LogP contribution is 2.24. The van der Waals surface area contributed by atoms with Gasteiger partial charge in [0, 0.05) is 19.3 Å². The lowest BCUT2D eigenvalue weighted by Gasteiger charge is -2.35. The van der Waals surface area contributed by atoms with Gasteiger partial charge in [-0.2, -0.15) is 0 Å². The number of nitrogens with zero attached hydrogens (tertiary/aromatic N) is 3. The second-order valence-corrected chi connectivity index (χ2v) is 5.33. The molecule has 0 aliphatic carbocycles. The first-order valence-electron chi connectivity index (χ1n) is 6.29. The van der Waals surface area contributed by atoms with Gasteiger partial charge in [-0.3, -0.25) is 0 Å². The summed E-state index contributed by atoms with van der Waals surface area (Å²) < 4.78 is 0. The van der Waals surface area contributed by atoms with Crippen LogP contribution in [-0.4, -0.2) is 34.1 Å². The van der Waals surface area contributed by atoms with Crippen LogP contribution in [0.25, 0.3) is 0 Å². The van der Waals surface area contributed by atoms with E-state index in [1.165, 1.54) is 12.6 Å². The van der Waals surface area contributed by atoms with E-state index in [4.69, 9.17) is 5.11 Å². The van der Waals surface area contributed by atoms with Crippen LogP contribution in [0.1, 0.15) is 36.3 Å². The van der Waals surface area contributed by atoms with Gasteiger partial charge in [-0.25, -0.2) is 14.8 Å². The molecule has 1 aliphatic heterocycles. The number of carboxylic acids is 1. The molecule has 1 fully saturated rings. The van der Waals surface area contributed by atoms with Crippen molar-refractivity contribution in [1.82, 2.24) is 9.97 Å². The van der Waals surface area contributed by atoms with Crippen molar-refractivity contribution in [2.45, 2.75) is 27.2 Å². The lowest BCUT2D eigenvalue weighted by atomic mass is 9.92. The topological polar surface area (TPSA) is 66.3 Å². The average Bonchev–Trinajstić information content (AvgIpc) is 2.26. The van der Waals surface area contributed by atoms with Gasteiger partial charge in [0.2, 0.25) is 5.95 Å². The highest BCUT2D eigenvalue weighted by molar-refractivity contribution is 5.88. The van der Waals surface area contributed by atoms with Crippen LogP contribution in [0.3, 0.4) is 0 Å². The number of aryl methyl sites for hydroxylation is 1. The number of carboxylic acid groups (broad SMARTS) is 1. The van der Waals surface area contributed by atoms with E-state index in [1.54, 1.807) is 6.92 Å². The van der Waals surface area contributed by atoms with Gasteiger partial charge in [-0.15, -0.1) is 0 Å². The molecular weight excluding hydrogens is 230 g/mol. The minimum absolute atomic E-state index is 0.178. The van der Waals surface area contributed by atoms with Crippen molar-refractivity contribution in [2.75, 3.05) is 18.0 Å². The molecular formula is C13H19N3O2. The third kappa shape index (κ3) is 2.60. The molecule has 1 aromatic rings. The van der Waals surface area contributed by atoms with E-state index in [0.717, 1.165) is 13.1 Å². The van der Waals surface area contributed by atoms with Crippen LogP contribution in [0.2, 0.25) is 0 Å². The van der Waals surface area contributed by atoms with Gasteiger partial charge in [-0.1, -0.05) is 13.8 Å². The number of rotatable bonds is 2. The SMILES string of the molecule is Cc1nc(N2CC(C)CC(C)C2)ncc1C(=O)O. The molecule has 2 heterocycles. The molecule has 18 heavy (non-hydrogen) atoms. The van der Waals surface area contributed by atoms with Gasteiger partial charge in [0.25, 0.3) is 0 Å². The maximum absolute atomic E-state index is 10.9. The van der Waals surface area contributed by atoms with E-state index in [-0.39, 0.29) is 5.56 Å². The Bertz CT molecular complexity index is 452. The van der Waals surface area contributed by atoms with Crippen LogP contribution in [0.4, 0.5) is 5.95 Å². The van der Waals surface area contributed by atoms with Crippen LogP contribution < -0.4 is 4.90 Å². The zero-order valence-electron chi connectivity index (χ0n) is 11.1. The van der Waals surface area contributed by atoms with Gasteiger partial charge < -0.3 is 10.0 Å². The summed E-state index contributed by atoms with van der Waals surface area (Å²) in [6.07, 6.45) is 2.63. The zero-order valence-corrected chi connectivity index (χ0v) is 11.1. The van der Waals surface area contributed by atoms with Gasteiger partial charge in [0.05, 0.1) is 11.3 Å². The molecule has 1 aliphatic rings. The second kappa shape index (κ2) is 4.92. The van der Waals surface area contributed by atoms with Crippen LogP contribution in [0, 0.1) is 18.8 Å². The van der Waals surface area contributed by atoms with E-state index < -0.39 is 5.97 Å². The first-order valence-corrected chi connectivity index (χ1v) is 6.29. The summed E-state index contributed by atoms with van der Waals surface area (Å²) in [6.45, 7) is 8.04. The maximum atomic E-state index is 10.9. The molecule has 0 amide bonds. The smallest absolute Gasteiger partial charge is 0.339 e. The first-order chi connectivity index (χ1) is 8.47. The largest absolute Gasteiger partial charge is 0.478 e. The van der Waals surface area contributed by atoms with E-state index in [9.17, 15) is 4.79 Å². The summed E-state index contributed by atoms with van der Waals surface area (Å²) in [7, 11) is 0. The van der Waals surface area contributed by atoms with Gasteiger partial charge >= 0.3 is 5.97 Å². The summed E-state index contributed by atoms with van der Waals surface area (Å²) >= 11 is 0. The lowest BCUT2D eigenvalue weighted by molar-refractivity contribution is 0.0695. The first kappa shape index (κ1) is 12.8. The Labute approximate surface area is 107 Å².